The van der Waals surface area contributed by atoms with Crippen molar-refractivity contribution in [3.8, 4) is 11.1 Å². The van der Waals surface area contributed by atoms with E-state index in [2.05, 4.69) is 29.1 Å². The number of anilines is 1. The first-order valence-electron chi connectivity index (χ1n) is 19.7. The van der Waals surface area contributed by atoms with E-state index in [4.69, 9.17) is 9.47 Å². The molecule has 4 aromatic rings. The van der Waals surface area contributed by atoms with E-state index >= 15 is 0 Å². The summed E-state index contributed by atoms with van der Waals surface area (Å²) in [7, 11) is 0. The Balaban J connectivity index is 1.14. The molecule has 4 atom stereocenters. The van der Waals surface area contributed by atoms with Gasteiger partial charge in [0.25, 0.3) is 5.91 Å². The maximum Gasteiger partial charge on any atom is 0.407 e. The lowest BCUT2D eigenvalue weighted by atomic mass is 9.98. The van der Waals surface area contributed by atoms with Crippen LogP contribution in [0, 0.1) is 5.92 Å². The first-order valence-corrected chi connectivity index (χ1v) is 19.7. The number of aliphatic hydroxyl groups is 1. The third kappa shape index (κ3) is 9.99. The number of rotatable bonds is 18. The fourth-order valence-electron chi connectivity index (χ4n) is 7.72. The molecule has 1 aliphatic carbocycles. The second-order valence-electron chi connectivity index (χ2n) is 14.6. The number of hydrogen-bond donors (Lipinski definition) is 4. The molecule has 0 radical (unpaired) electrons. The zero-order valence-corrected chi connectivity index (χ0v) is 32.4. The highest BCUT2D eigenvalue weighted by Crippen LogP contribution is 2.44. The van der Waals surface area contributed by atoms with Crippen LogP contribution in [0.25, 0.3) is 21.9 Å². The molecule has 0 saturated carbocycles. The van der Waals surface area contributed by atoms with Gasteiger partial charge in [-0.15, -0.1) is 13.2 Å². The van der Waals surface area contributed by atoms with Crippen LogP contribution in [-0.4, -0.2) is 84.3 Å². The predicted molar refractivity (Wildman–Crippen MR) is 222 cm³/mol. The number of carbonyl (C=O) groups is 5. The molecule has 1 heterocycles. The van der Waals surface area contributed by atoms with Crippen molar-refractivity contribution < 1.29 is 38.6 Å². The number of esters is 1. The molecule has 0 aromatic heterocycles. The second-order valence-corrected chi connectivity index (χ2v) is 14.6. The third-order valence-corrected chi connectivity index (χ3v) is 10.8. The molecule has 302 valence electrons. The van der Waals surface area contributed by atoms with Gasteiger partial charge >= 0.3 is 12.1 Å². The number of likely N-dealkylation sites (tertiary alicyclic amines) is 1. The highest BCUT2D eigenvalue weighted by molar-refractivity contribution is 6.00. The van der Waals surface area contributed by atoms with Gasteiger partial charge in [-0.2, -0.15) is 0 Å². The average molecular weight is 787 g/mol. The third-order valence-electron chi connectivity index (χ3n) is 10.8. The number of alkyl carbamates (subject to hydrolysis) is 1. The Bertz CT molecular complexity index is 2110. The summed E-state index contributed by atoms with van der Waals surface area (Å²) in [6, 6.07) is 26.0. The van der Waals surface area contributed by atoms with Crippen LogP contribution in [0.1, 0.15) is 55.6 Å². The van der Waals surface area contributed by atoms with E-state index in [1.54, 1.807) is 23.1 Å². The minimum Gasteiger partial charge on any atom is -0.461 e. The number of hydrogen-bond acceptors (Lipinski definition) is 8. The fraction of sp³-hybridized carbons (Fsp3) is 0.326. The summed E-state index contributed by atoms with van der Waals surface area (Å²) in [5, 5.41) is 19.7. The second kappa shape index (κ2) is 19.7. The average Bonchev–Trinajstić information content (AvgIpc) is 3.85. The minimum atomic E-state index is -1.38. The Morgan fingerprint density at radius 2 is 1.50 bits per heavy atom. The van der Waals surface area contributed by atoms with Crippen LogP contribution in [0.4, 0.5) is 10.5 Å². The summed E-state index contributed by atoms with van der Waals surface area (Å²) in [6.07, 6.45) is 4.21. The number of benzene rings is 4. The van der Waals surface area contributed by atoms with E-state index in [1.807, 2.05) is 78.9 Å². The molecule has 1 fully saturated rings. The molecule has 12 heteroatoms. The molecule has 0 spiro atoms. The lowest BCUT2D eigenvalue weighted by molar-refractivity contribution is -0.148. The van der Waals surface area contributed by atoms with Gasteiger partial charge in [0.05, 0.1) is 18.6 Å². The zero-order valence-electron chi connectivity index (χ0n) is 32.4. The van der Waals surface area contributed by atoms with E-state index in [-0.39, 0.29) is 50.3 Å². The Hall–Kier alpha value is -6.27. The van der Waals surface area contributed by atoms with E-state index in [1.165, 1.54) is 6.08 Å². The highest BCUT2D eigenvalue weighted by atomic mass is 16.6. The molecular weight excluding hydrogens is 737 g/mol. The van der Waals surface area contributed by atoms with Crippen LogP contribution in [0.2, 0.25) is 0 Å². The van der Waals surface area contributed by atoms with Crippen molar-refractivity contribution in [2.24, 2.45) is 5.92 Å². The molecule has 4 aromatic carbocycles. The molecular formula is C46H50N4O8. The van der Waals surface area contributed by atoms with Crippen LogP contribution in [0.15, 0.2) is 116 Å². The lowest BCUT2D eigenvalue weighted by Crippen LogP contribution is -2.51. The summed E-state index contributed by atoms with van der Waals surface area (Å²) in [5.74, 6) is -3.46. The standard InChI is InChI=1S/C46H50N4O8/c1-3-5-21-40(49-46(56)58-28-39-37-19-10-8-17-35(37)36-18-9-11-20-38(36)39)45(55)57-29-41(44(54)47-33-23-22-30-14-6-7-15-31(30)25-33)48-43(53)32(13-4-2)26-42(52)50-24-12-16-34(50)27-51/h3-4,6-11,14-15,17-20,22-23,25,32,34,39-41,51H,1-2,5,12-13,16,21,24,26-29H2,(H,47,54)(H,48,53)(H,49,56). The highest BCUT2D eigenvalue weighted by Gasteiger charge is 2.34. The van der Waals surface area contributed by atoms with Gasteiger partial charge in [0.1, 0.15) is 25.3 Å². The zero-order chi connectivity index (χ0) is 41.0. The Morgan fingerprint density at radius 3 is 2.19 bits per heavy atom. The van der Waals surface area contributed by atoms with Crippen LogP contribution < -0.4 is 16.0 Å². The van der Waals surface area contributed by atoms with Crippen LogP contribution in [-0.2, 0) is 28.7 Å². The first-order chi connectivity index (χ1) is 28.2. The molecule has 4 amide bonds. The van der Waals surface area contributed by atoms with E-state index < -0.39 is 48.5 Å². The van der Waals surface area contributed by atoms with Crippen molar-refractivity contribution in [3.05, 3.63) is 127 Å². The summed E-state index contributed by atoms with van der Waals surface area (Å²) in [4.78, 5) is 69.3. The summed E-state index contributed by atoms with van der Waals surface area (Å²) in [6.45, 7) is 7.26. The number of nitrogens with zero attached hydrogens (tertiary/aromatic N) is 1. The van der Waals surface area contributed by atoms with Crippen LogP contribution >= 0.6 is 0 Å². The molecule has 2 aliphatic rings. The molecule has 1 saturated heterocycles. The van der Waals surface area contributed by atoms with E-state index in [0.29, 0.717) is 25.1 Å². The maximum absolute atomic E-state index is 13.9. The quantitative estimate of drug-likeness (QED) is 0.0680. The van der Waals surface area contributed by atoms with Crippen LogP contribution in [0.5, 0.6) is 0 Å². The molecule has 0 bridgehead atoms. The summed E-state index contributed by atoms with van der Waals surface area (Å²) >= 11 is 0. The van der Waals surface area contributed by atoms with Gasteiger partial charge in [-0.3, -0.25) is 14.4 Å². The van der Waals surface area contributed by atoms with Gasteiger partial charge in [-0.25, -0.2) is 9.59 Å². The van der Waals surface area contributed by atoms with Gasteiger partial charge in [0.15, 0.2) is 0 Å². The Kier molecular flexibility index (Phi) is 14.1. The minimum absolute atomic E-state index is 0.0406. The topological polar surface area (TPSA) is 163 Å². The molecule has 4 unspecified atom stereocenters. The van der Waals surface area contributed by atoms with E-state index in [0.717, 1.165) is 39.4 Å². The van der Waals surface area contributed by atoms with Gasteiger partial charge in [-0.05, 0) is 77.3 Å². The fourth-order valence-corrected chi connectivity index (χ4v) is 7.72. The molecule has 12 nitrogen and oxygen atoms in total. The number of carbonyl (C=O) groups excluding carboxylic acids is 5. The van der Waals surface area contributed by atoms with Crippen molar-refractivity contribution in [2.75, 3.05) is 31.7 Å². The van der Waals surface area contributed by atoms with Gasteiger partial charge < -0.3 is 35.4 Å². The number of ether oxygens (including phenoxy) is 2. The molecule has 58 heavy (non-hydrogen) atoms. The van der Waals surface area contributed by atoms with Crippen molar-refractivity contribution in [3.63, 3.8) is 0 Å². The SMILES string of the molecule is C=CCCC(NC(=O)OCC1c2ccccc2-c2ccccc21)C(=O)OCC(NC(=O)C(CC=C)CC(=O)N1CCCC1CO)C(=O)Nc1ccc2ccccc2c1. The number of amides is 4. The predicted octanol–water partition coefficient (Wildman–Crippen LogP) is 6.25. The smallest absolute Gasteiger partial charge is 0.407 e. The molecule has 1 aliphatic heterocycles. The number of nitrogens with one attached hydrogen (secondary N) is 3. The Morgan fingerprint density at radius 1 is 0.810 bits per heavy atom. The molecule has 4 N–H and O–H groups in total. The maximum atomic E-state index is 13.9. The summed E-state index contributed by atoms with van der Waals surface area (Å²) < 4.78 is 11.3. The van der Waals surface area contributed by atoms with Crippen LogP contribution in [0.3, 0.4) is 0 Å². The van der Waals surface area contributed by atoms with E-state index in [9.17, 15) is 29.1 Å². The first kappa shape index (κ1) is 41.4. The number of allylic oxidation sites excluding steroid dienone is 2. The monoisotopic (exact) mass is 786 g/mol. The number of fused-ring (bicyclic) bond motifs is 4. The van der Waals surface area contributed by atoms with Crippen molar-refractivity contribution in [1.82, 2.24) is 15.5 Å². The largest absolute Gasteiger partial charge is 0.461 e. The van der Waals surface area contributed by atoms with Gasteiger partial charge in [-0.1, -0.05) is 91.0 Å². The Labute approximate surface area is 338 Å². The normalized spacial score (nSPS) is 15.9. The molecule has 6 rings (SSSR count). The van der Waals surface area contributed by atoms with Gasteiger partial charge in [0, 0.05) is 24.6 Å². The number of aliphatic hydroxyl groups excluding tert-OH is 1. The lowest BCUT2D eigenvalue weighted by Gasteiger charge is -2.26. The van der Waals surface area contributed by atoms with Crippen molar-refractivity contribution in [1.29, 1.82) is 0 Å². The summed E-state index contributed by atoms with van der Waals surface area (Å²) in [5.41, 5.74) is 4.70. The van der Waals surface area contributed by atoms with Crippen molar-refractivity contribution in [2.45, 2.75) is 62.6 Å². The van der Waals surface area contributed by atoms with Gasteiger partial charge in [0.2, 0.25) is 11.8 Å². The van der Waals surface area contributed by atoms with Crippen molar-refractivity contribution >= 4 is 46.2 Å².